The number of hydrogen-bond donors (Lipinski definition) is 2. The minimum absolute atomic E-state index is 0.0657. The van der Waals surface area contributed by atoms with Crippen LogP contribution in [-0.2, 0) is 10.0 Å². The molecule has 0 aromatic heterocycles. The average molecular weight is 310 g/mol. The first-order chi connectivity index (χ1) is 9.86. The Balaban J connectivity index is 1.89. The highest BCUT2D eigenvalue weighted by Gasteiger charge is 2.35. The summed E-state index contributed by atoms with van der Waals surface area (Å²) in [5.41, 5.74) is 7.45. The zero-order valence-electron chi connectivity index (χ0n) is 12.2. The third kappa shape index (κ3) is 2.73. The quantitative estimate of drug-likeness (QED) is 0.780. The third-order valence-electron chi connectivity index (χ3n) is 4.57. The molecule has 2 unspecified atom stereocenters. The molecule has 6 nitrogen and oxygen atoms in total. The lowest BCUT2D eigenvalue weighted by Crippen LogP contribution is -2.55. The summed E-state index contributed by atoms with van der Waals surface area (Å²) in [6, 6.07) is 5.71. The molecule has 0 bridgehead atoms. The fourth-order valence-electron chi connectivity index (χ4n) is 3.49. The number of hydrogen-bond acceptors (Lipinski definition) is 5. The Morgan fingerprint density at radius 3 is 2.71 bits per heavy atom. The van der Waals surface area contributed by atoms with Crippen LogP contribution in [0.15, 0.2) is 23.1 Å². The van der Waals surface area contributed by atoms with Crippen LogP contribution in [0.5, 0.6) is 0 Å². The summed E-state index contributed by atoms with van der Waals surface area (Å²) >= 11 is 0. The van der Waals surface area contributed by atoms with Crippen LogP contribution in [0.1, 0.15) is 19.8 Å². The van der Waals surface area contributed by atoms with Gasteiger partial charge in [0.2, 0.25) is 10.0 Å². The Morgan fingerprint density at radius 1 is 1.29 bits per heavy atom. The molecule has 0 aliphatic carbocycles. The molecule has 116 valence electrons. The van der Waals surface area contributed by atoms with Crippen molar-refractivity contribution in [3.8, 4) is 0 Å². The predicted molar refractivity (Wildman–Crippen MR) is 83.6 cm³/mol. The van der Waals surface area contributed by atoms with E-state index in [1.54, 1.807) is 6.07 Å². The van der Waals surface area contributed by atoms with Crippen molar-refractivity contribution in [2.24, 2.45) is 5.14 Å². The van der Waals surface area contributed by atoms with Crippen molar-refractivity contribution in [1.29, 1.82) is 0 Å². The van der Waals surface area contributed by atoms with Gasteiger partial charge in [-0.3, -0.25) is 4.90 Å². The van der Waals surface area contributed by atoms with Gasteiger partial charge in [-0.05, 0) is 44.5 Å². The monoisotopic (exact) mass is 310 g/mol. The Labute approximate surface area is 125 Å². The molecule has 3 rings (SSSR count). The largest absolute Gasteiger partial charge is 0.397 e. The summed E-state index contributed by atoms with van der Waals surface area (Å²) < 4.78 is 22.8. The number of rotatable bonds is 2. The molecule has 0 radical (unpaired) electrons. The summed E-state index contributed by atoms with van der Waals surface area (Å²) in [6.45, 7) is 5.34. The average Bonchev–Trinajstić information content (AvgIpc) is 2.84. The molecule has 2 atom stereocenters. The minimum atomic E-state index is -3.71. The molecule has 2 aliphatic rings. The maximum Gasteiger partial charge on any atom is 0.238 e. The first-order valence-corrected chi connectivity index (χ1v) is 8.84. The molecule has 21 heavy (non-hydrogen) atoms. The second-order valence-corrected chi connectivity index (χ2v) is 7.62. The van der Waals surface area contributed by atoms with Gasteiger partial charge in [-0.25, -0.2) is 13.6 Å². The van der Waals surface area contributed by atoms with Crippen LogP contribution in [0.2, 0.25) is 0 Å². The molecule has 7 heteroatoms. The number of nitrogens with two attached hydrogens (primary N) is 2. The summed E-state index contributed by atoms with van der Waals surface area (Å²) in [6.07, 6.45) is 2.48. The van der Waals surface area contributed by atoms with E-state index in [0.717, 1.165) is 18.8 Å². The van der Waals surface area contributed by atoms with E-state index in [0.29, 0.717) is 17.8 Å². The Kier molecular flexibility index (Phi) is 3.59. The van der Waals surface area contributed by atoms with E-state index in [-0.39, 0.29) is 4.90 Å². The predicted octanol–water partition coefficient (Wildman–Crippen LogP) is 0.589. The van der Waals surface area contributed by atoms with Crippen LogP contribution in [0.3, 0.4) is 0 Å². The lowest BCUT2D eigenvalue weighted by atomic mass is 10.1. The second-order valence-electron chi connectivity index (χ2n) is 6.06. The van der Waals surface area contributed by atoms with E-state index in [2.05, 4.69) is 16.7 Å². The van der Waals surface area contributed by atoms with Crippen LogP contribution in [-0.4, -0.2) is 45.0 Å². The standard InChI is InChI=1S/C14H22N4O2S/c1-10-8-17-6-2-3-11(17)9-18(10)14-5-4-12(7-13(14)15)21(16,19)20/h4-5,7,10-11H,2-3,6,8-9,15H2,1H3,(H2,16,19,20). The molecule has 2 fully saturated rings. The van der Waals surface area contributed by atoms with Gasteiger partial charge >= 0.3 is 0 Å². The van der Waals surface area contributed by atoms with Crippen molar-refractivity contribution in [3.63, 3.8) is 0 Å². The van der Waals surface area contributed by atoms with E-state index >= 15 is 0 Å². The normalized spacial score (nSPS) is 26.9. The molecule has 0 spiro atoms. The number of fused-ring (bicyclic) bond motifs is 1. The van der Waals surface area contributed by atoms with Gasteiger partial charge in [0.15, 0.2) is 0 Å². The van der Waals surface area contributed by atoms with E-state index in [1.165, 1.54) is 31.5 Å². The first kappa shape index (κ1) is 14.6. The van der Waals surface area contributed by atoms with Gasteiger partial charge in [-0.1, -0.05) is 0 Å². The number of nitrogen functional groups attached to an aromatic ring is 1. The van der Waals surface area contributed by atoms with Gasteiger partial charge in [0, 0.05) is 25.2 Å². The molecule has 1 aromatic rings. The maximum absolute atomic E-state index is 11.4. The lowest BCUT2D eigenvalue weighted by Gasteiger charge is -2.44. The maximum atomic E-state index is 11.4. The number of sulfonamides is 1. The van der Waals surface area contributed by atoms with Gasteiger partial charge in [0.25, 0.3) is 0 Å². The van der Waals surface area contributed by atoms with Gasteiger partial charge in [0.1, 0.15) is 0 Å². The van der Waals surface area contributed by atoms with Crippen LogP contribution in [0.4, 0.5) is 11.4 Å². The van der Waals surface area contributed by atoms with Crippen LogP contribution in [0.25, 0.3) is 0 Å². The molecular weight excluding hydrogens is 288 g/mol. The van der Waals surface area contributed by atoms with Crippen LogP contribution >= 0.6 is 0 Å². The Hall–Kier alpha value is -1.31. The van der Waals surface area contributed by atoms with E-state index in [1.807, 2.05) is 0 Å². The topological polar surface area (TPSA) is 92.7 Å². The summed E-state index contributed by atoms with van der Waals surface area (Å²) in [7, 11) is -3.71. The minimum Gasteiger partial charge on any atom is -0.397 e. The van der Waals surface area contributed by atoms with Crippen molar-refractivity contribution >= 4 is 21.4 Å². The van der Waals surface area contributed by atoms with Gasteiger partial charge < -0.3 is 10.6 Å². The smallest absolute Gasteiger partial charge is 0.238 e. The van der Waals surface area contributed by atoms with Crippen molar-refractivity contribution in [2.45, 2.75) is 36.7 Å². The lowest BCUT2D eigenvalue weighted by molar-refractivity contribution is 0.203. The first-order valence-electron chi connectivity index (χ1n) is 7.29. The highest BCUT2D eigenvalue weighted by Crippen LogP contribution is 2.32. The molecule has 0 saturated carbocycles. The Morgan fingerprint density at radius 2 is 2.05 bits per heavy atom. The van der Waals surface area contributed by atoms with Crippen molar-refractivity contribution in [3.05, 3.63) is 18.2 Å². The van der Waals surface area contributed by atoms with Gasteiger partial charge in [0.05, 0.1) is 16.3 Å². The number of primary sulfonamides is 1. The van der Waals surface area contributed by atoms with Gasteiger partial charge in [-0.15, -0.1) is 0 Å². The van der Waals surface area contributed by atoms with Crippen molar-refractivity contribution in [1.82, 2.24) is 4.90 Å². The third-order valence-corrected chi connectivity index (χ3v) is 5.49. The highest BCUT2D eigenvalue weighted by molar-refractivity contribution is 7.89. The Bertz CT molecular complexity index is 646. The zero-order chi connectivity index (χ0) is 15.2. The molecule has 2 aliphatic heterocycles. The molecule has 2 saturated heterocycles. The van der Waals surface area contributed by atoms with Crippen molar-refractivity contribution < 1.29 is 8.42 Å². The zero-order valence-corrected chi connectivity index (χ0v) is 13.0. The number of anilines is 2. The van der Waals surface area contributed by atoms with Gasteiger partial charge in [-0.2, -0.15) is 0 Å². The summed E-state index contributed by atoms with van der Waals surface area (Å²) in [5.74, 6) is 0. The van der Waals surface area contributed by atoms with Crippen molar-refractivity contribution in [2.75, 3.05) is 30.3 Å². The molecule has 2 heterocycles. The fraction of sp³-hybridized carbons (Fsp3) is 0.571. The molecule has 4 N–H and O–H groups in total. The van der Waals surface area contributed by atoms with E-state index in [4.69, 9.17) is 10.9 Å². The highest BCUT2D eigenvalue weighted by atomic mass is 32.2. The second kappa shape index (κ2) is 5.15. The van der Waals surface area contributed by atoms with E-state index < -0.39 is 10.0 Å². The molecule has 1 aromatic carbocycles. The van der Waals surface area contributed by atoms with Crippen LogP contribution < -0.4 is 15.8 Å². The SMILES string of the molecule is CC1CN2CCCC2CN1c1ccc(S(N)(=O)=O)cc1N. The molecule has 0 amide bonds. The van der Waals surface area contributed by atoms with E-state index in [9.17, 15) is 8.42 Å². The number of benzene rings is 1. The number of piperazine rings is 1. The summed E-state index contributed by atoms with van der Waals surface area (Å²) in [5, 5.41) is 5.15. The summed E-state index contributed by atoms with van der Waals surface area (Å²) in [4.78, 5) is 4.89. The number of nitrogens with zero attached hydrogens (tertiary/aromatic N) is 2. The fourth-order valence-corrected chi connectivity index (χ4v) is 4.04. The molecular formula is C14H22N4O2S. The van der Waals surface area contributed by atoms with Crippen LogP contribution in [0, 0.1) is 0 Å².